The number of nitrogens with one attached hydrogen (secondary N) is 1. The summed E-state index contributed by atoms with van der Waals surface area (Å²) >= 11 is 0. The van der Waals surface area contributed by atoms with Crippen LogP contribution in [-0.2, 0) is 4.79 Å². The van der Waals surface area contributed by atoms with E-state index < -0.39 is 11.9 Å². The van der Waals surface area contributed by atoms with Crippen LogP contribution in [0.1, 0.15) is 42.1 Å². The number of rotatable bonds is 7. The zero-order chi connectivity index (χ0) is 16.8. The second kappa shape index (κ2) is 8.22. The molecule has 1 aromatic carbocycles. The van der Waals surface area contributed by atoms with E-state index in [9.17, 15) is 9.59 Å². The summed E-state index contributed by atoms with van der Waals surface area (Å²) in [4.78, 5) is 26.0. The molecule has 0 spiro atoms. The van der Waals surface area contributed by atoms with Crippen molar-refractivity contribution in [2.75, 3.05) is 32.7 Å². The molecule has 1 atom stereocenters. The Hall–Kier alpha value is -1.72. The lowest BCUT2D eigenvalue weighted by atomic mass is 9.92. The molecule has 23 heavy (non-hydrogen) atoms. The number of carboxylic acids is 1. The highest BCUT2D eigenvalue weighted by Gasteiger charge is 2.26. The van der Waals surface area contributed by atoms with E-state index in [0.717, 1.165) is 26.2 Å². The fraction of sp³-hybridized carbons (Fsp3) is 0.556. The Kier molecular flexibility index (Phi) is 6.30. The Morgan fingerprint density at radius 1 is 1.17 bits per heavy atom. The molecule has 0 amide bonds. The van der Waals surface area contributed by atoms with E-state index in [4.69, 9.17) is 5.11 Å². The van der Waals surface area contributed by atoms with Gasteiger partial charge in [-0.1, -0.05) is 38.1 Å². The molecule has 0 aliphatic carbocycles. The third-order valence-corrected chi connectivity index (χ3v) is 4.34. The third-order valence-electron chi connectivity index (χ3n) is 4.34. The van der Waals surface area contributed by atoms with E-state index in [1.165, 1.54) is 5.56 Å². The molecule has 1 aromatic rings. The lowest BCUT2D eigenvalue weighted by Crippen LogP contribution is -2.46. The Morgan fingerprint density at radius 3 is 2.30 bits per heavy atom. The molecule has 2 N–H and O–H groups in total. The molecule has 0 radical (unpaired) electrons. The van der Waals surface area contributed by atoms with Crippen LogP contribution in [0.2, 0.25) is 0 Å². The summed E-state index contributed by atoms with van der Waals surface area (Å²) in [7, 11) is 0. The van der Waals surface area contributed by atoms with Crippen molar-refractivity contribution in [3.63, 3.8) is 0 Å². The van der Waals surface area contributed by atoms with Crippen molar-refractivity contribution >= 4 is 11.8 Å². The molecule has 1 heterocycles. The molecule has 5 heteroatoms. The maximum absolute atomic E-state index is 12.7. The van der Waals surface area contributed by atoms with Crippen molar-refractivity contribution in [2.24, 2.45) is 5.92 Å². The number of carboxylic acid groups (broad SMARTS) is 1. The standard InChI is InChI=1S/C18H26N2O3/c1-13(2)14-3-5-15(6-4-14)18(23)16(11-17(21)22)12-20-9-7-19-8-10-20/h3-6,13,16,19H,7-12H2,1-2H3,(H,21,22). The summed E-state index contributed by atoms with van der Waals surface area (Å²) in [6.45, 7) is 8.21. The molecule has 0 saturated carbocycles. The molecule has 2 rings (SSSR count). The van der Waals surface area contributed by atoms with E-state index in [2.05, 4.69) is 24.1 Å². The third kappa shape index (κ3) is 5.15. The minimum absolute atomic E-state index is 0.0683. The first-order chi connectivity index (χ1) is 11.0. The van der Waals surface area contributed by atoms with Gasteiger partial charge in [-0.3, -0.25) is 9.59 Å². The predicted octanol–water partition coefficient (Wildman–Crippen LogP) is 1.99. The number of hydrogen-bond acceptors (Lipinski definition) is 4. The van der Waals surface area contributed by atoms with Crippen LogP contribution < -0.4 is 5.32 Å². The van der Waals surface area contributed by atoms with E-state index in [1.54, 1.807) is 0 Å². The average Bonchev–Trinajstić information content (AvgIpc) is 2.54. The summed E-state index contributed by atoms with van der Waals surface area (Å²) in [5, 5.41) is 12.4. The quantitative estimate of drug-likeness (QED) is 0.753. The maximum Gasteiger partial charge on any atom is 0.304 e. The summed E-state index contributed by atoms with van der Waals surface area (Å²) in [5.41, 5.74) is 1.79. The molecule has 1 saturated heterocycles. The Labute approximate surface area is 137 Å². The highest BCUT2D eigenvalue weighted by molar-refractivity contribution is 5.99. The Morgan fingerprint density at radius 2 is 1.78 bits per heavy atom. The van der Waals surface area contributed by atoms with Gasteiger partial charge in [0.1, 0.15) is 0 Å². The highest BCUT2D eigenvalue weighted by atomic mass is 16.4. The lowest BCUT2D eigenvalue weighted by Gasteiger charge is -2.30. The maximum atomic E-state index is 12.7. The van der Waals surface area contributed by atoms with Crippen LogP contribution in [-0.4, -0.2) is 54.5 Å². The molecule has 0 aromatic heterocycles. The van der Waals surface area contributed by atoms with Gasteiger partial charge in [-0.05, 0) is 11.5 Å². The number of piperazine rings is 1. The summed E-state index contributed by atoms with van der Waals surface area (Å²) in [5.74, 6) is -1.07. The predicted molar refractivity (Wildman–Crippen MR) is 89.9 cm³/mol. The van der Waals surface area contributed by atoms with Gasteiger partial charge in [0.25, 0.3) is 0 Å². The van der Waals surface area contributed by atoms with Gasteiger partial charge >= 0.3 is 5.97 Å². The number of carbonyl (C=O) groups is 2. The smallest absolute Gasteiger partial charge is 0.304 e. The topological polar surface area (TPSA) is 69.6 Å². The van der Waals surface area contributed by atoms with Gasteiger partial charge in [-0.2, -0.15) is 0 Å². The Balaban J connectivity index is 2.09. The molecule has 0 bridgehead atoms. The first kappa shape index (κ1) is 17.6. The Bertz CT molecular complexity index is 534. The summed E-state index contributed by atoms with van der Waals surface area (Å²) < 4.78 is 0. The van der Waals surface area contributed by atoms with Crippen molar-refractivity contribution in [2.45, 2.75) is 26.2 Å². The second-order valence-electron chi connectivity index (χ2n) is 6.49. The lowest BCUT2D eigenvalue weighted by molar-refractivity contribution is -0.137. The van der Waals surface area contributed by atoms with Gasteiger partial charge < -0.3 is 15.3 Å². The van der Waals surface area contributed by atoms with Crippen LogP contribution in [0, 0.1) is 5.92 Å². The van der Waals surface area contributed by atoms with Gasteiger partial charge in [-0.15, -0.1) is 0 Å². The fourth-order valence-electron chi connectivity index (χ4n) is 2.92. The fourth-order valence-corrected chi connectivity index (χ4v) is 2.92. The monoisotopic (exact) mass is 318 g/mol. The van der Waals surface area contributed by atoms with Crippen molar-refractivity contribution in [3.05, 3.63) is 35.4 Å². The SMILES string of the molecule is CC(C)c1ccc(C(=O)C(CC(=O)O)CN2CCNCC2)cc1. The van der Waals surface area contributed by atoms with E-state index in [1.807, 2.05) is 24.3 Å². The van der Waals surface area contributed by atoms with Gasteiger partial charge in [0.15, 0.2) is 5.78 Å². The molecule has 126 valence electrons. The number of benzene rings is 1. The molecule has 5 nitrogen and oxygen atoms in total. The minimum Gasteiger partial charge on any atom is -0.481 e. The molecular formula is C18H26N2O3. The molecule has 1 fully saturated rings. The molecular weight excluding hydrogens is 292 g/mol. The van der Waals surface area contributed by atoms with Crippen LogP contribution in [0.3, 0.4) is 0 Å². The molecule has 1 unspecified atom stereocenters. The summed E-state index contributed by atoms with van der Waals surface area (Å²) in [6, 6.07) is 7.57. The van der Waals surface area contributed by atoms with Crippen LogP contribution in [0.25, 0.3) is 0 Å². The van der Waals surface area contributed by atoms with Gasteiger partial charge in [0, 0.05) is 44.2 Å². The van der Waals surface area contributed by atoms with Crippen LogP contribution in [0.4, 0.5) is 0 Å². The van der Waals surface area contributed by atoms with Crippen molar-refractivity contribution in [3.8, 4) is 0 Å². The highest BCUT2D eigenvalue weighted by Crippen LogP contribution is 2.19. The minimum atomic E-state index is -0.919. The average molecular weight is 318 g/mol. The van der Waals surface area contributed by atoms with Crippen LogP contribution >= 0.6 is 0 Å². The van der Waals surface area contributed by atoms with Crippen molar-refractivity contribution in [1.82, 2.24) is 10.2 Å². The van der Waals surface area contributed by atoms with Gasteiger partial charge in [0.2, 0.25) is 0 Å². The second-order valence-corrected chi connectivity index (χ2v) is 6.49. The van der Waals surface area contributed by atoms with Gasteiger partial charge in [0.05, 0.1) is 6.42 Å². The molecule has 1 aliphatic rings. The zero-order valence-electron chi connectivity index (χ0n) is 13.9. The number of hydrogen-bond donors (Lipinski definition) is 2. The summed E-state index contributed by atoms with van der Waals surface area (Å²) in [6.07, 6.45) is -0.116. The van der Waals surface area contributed by atoms with E-state index in [-0.39, 0.29) is 12.2 Å². The first-order valence-corrected chi connectivity index (χ1v) is 8.26. The number of Topliss-reactive ketones (excluding diaryl/α,β-unsaturated/α-hetero) is 1. The molecule has 1 aliphatic heterocycles. The van der Waals surface area contributed by atoms with Crippen LogP contribution in [0.5, 0.6) is 0 Å². The van der Waals surface area contributed by atoms with Crippen LogP contribution in [0.15, 0.2) is 24.3 Å². The van der Waals surface area contributed by atoms with E-state index >= 15 is 0 Å². The van der Waals surface area contributed by atoms with E-state index in [0.29, 0.717) is 18.0 Å². The van der Waals surface area contributed by atoms with Crippen molar-refractivity contribution < 1.29 is 14.7 Å². The first-order valence-electron chi connectivity index (χ1n) is 8.26. The van der Waals surface area contributed by atoms with Crippen molar-refractivity contribution in [1.29, 1.82) is 0 Å². The largest absolute Gasteiger partial charge is 0.481 e. The number of nitrogens with zero attached hydrogens (tertiary/aromatic N) is 1. The number of ketones is 1. The number of carbonyl (C=O) groups excluding carboxylic acids is 1. The van der Waals surface area contributed by atoms with Gasteiger partial charge in [-0.25, -0.2) is 0 Å². The normalized spacial score (nSPS) is 17.2. The zero-order valence-corrected chi connectivity index (χ0v) is 13.9. The number of aliphatic carboxylic acids is 1.